The number of nitrogens with one attached hydrogen (secondary N) is 1. The predicted octanol–water partition coefficient (Wildman–Crippen LogP) is 3.50. The van der Waals surface area contributed by atoms with Crippen LogP contribution in [0.5, 0.6) is 0 Å². The molecule has 0 aliphatic heterocycles. The second-order valence-corrected chi connectivity index (χ2v) is 4.77. The lowest BCUT2D eigenvalue weighted by atomic mass is 9.98. The summed E-state index contributed by atoms with van der Waals surface area (Å²) in [5, 5.41) is 0.512. The van der Waals surface area contributed by atoms with Crippen molar-refractivity contribution in [2.24, 2.45) is 5.84 Å². The Morgan fingerprint density at radius 2 is 1.75 bits per heavy atom. The fourth-order valence-electron chi connectivity index (χ4n) is 2.03. The lowest BCUT2D eigenvalue weighted by molar-refractivity contribution is 0.462. The number of halogens is 4. The molecule has 0 saturated heterocycles. The van der Waals surface area contributed by atoms with Gasteiger partial charge in [-0.3, -0.25) is 11.3 Å². The molecule has 0 heterocycles. The first-order valence-electron chi connectivity index (χ1n) is 5.86. The first-order valence-corrected chi connectivity index (χ1v) is 6.24. The van der Waals surface area contributed by atoms with Gasteiger partial charge >= 0.3 is 0 Å². The first kappa shape index (κ1) is 14.8. The maximum absolute atomic E-state index is 13.7. The Kier molecular flexibility index (Phi) is 4.65. The summed E-state index contributed by atoms with van der Waals surface area (Å²) in [5.74, 6) is 2.43. The minimum atomic E-state index is -0.979. The quantitative estimate of drug-likeness (QED) is 0.670. The van der Waals surface area contributed by atoms with E-state index in [2.05, 4.69) is 5.43 Å². The molecule has 0 aliphatic rings. The highest BCUT2D eigenvalue weighted by Gasteiger charge is 2.21. The molecule has 20 heavy (non-hydrogen) atoms. The predicted molar refractivity (Wildman–Crippen MR) is 71.5 cm³/mol. The van der Waals surface area contributed by atoms with E-state index in [9.17, 15) is 13.2 Å². The van der Waals surface area contributed by atoms with Crippen LogP contribution < -0.4 is 11.3 Å². The van der Waals surface area contributed by atoms with Gasteiger partial charge in [-0.1, -0.05) is 23.7 Å². The average Bonchev–Trinajstić information content (AvgIpc) is 2.36. The second kappa shape index (κ2) is 6.26. The first-order chi connectivity index (χ1) is 9.51. The summed E-state index contributed by atoms with van der Waals surface area (Å²) in [6.45, 7) is 0. The summed E-state index contributed by atoms with van der Waals surface area (Å²) in [5.41, 5.74) is 2.80. The van der Waals surface area contributed by atoms with Crippen LogP contribution in [-0.2, 0) is 6.42 Å². The largest absolute Gasteiger partial charge is 0.271 e. The Morgan fingerprint density at radius 3 is 2.30 bits per heavy atom. The number of benzene rings is 2. The van der Waals surface area contributed by atoms with Crippen LogP contribution in [0.4, 0.5) is 13.2 Å². The number of hydrazine groups is 1. The standard InChI is InChI=1S/C14H12ClF3N2/c15-9-3-1-2-8(4-9)5-13(20-19)14-11(17)6-10(16)7-12(14)18/h1-4,6-7,13,20H,5,19H2. The van der Waals surface area contributed by atoms with Crippen molar-refractivity contribution in [1.29, 1.82) is 0 Å². The van der Waals surface area contributed by atoms with Crippen molar-refractivity contribution >= 4 is 11.6 Å². The van der Waals surface area contributed by atoms with Crippen LogP contribution in [0.2, 0.25) is 5.02 Å². The Balaban J connectivity index is 2.34. The van der Waals surface area contributed by atoms with E-state index < -0.39 is 23.5 Å². The van der Waals surface area contributed by atoms with Gasteiger partial charge in [0, 0.05) is 22.7 Å². The number of nitrogens with two attached hydrogens (primary N) is 1. The number of hydrogen-bond acceptors (Lipinski definition) is 2. The van der Waals surface area contributed by atoms with E-state index in [0.717, 1.165) is 5.56 Å². The lowest BCUT2D eigenvalue weighted by Gasteiger charge is -2.18. The zero-order chi connectivity index (χ0) is 14.7. The molecule has 0 bridgehead atoms. The van der Waals surface area contributed by atoms with E-state index in [4.69, 9.17) is 17.4 Å². The van der Waals surface area contributed by atoms with Crippen molar-refractivity contribution in [1.82, 2.24) is 5.43 Å². The van der Waals surface area contributed by atoms with Crippen molar-refractivity contribution in [3.8, 4) is 0 Å². The molecular formula is C14H12ClF3N2. The van der Waals surface area contributed by atoms with Crippen molar-refractivity contribution in [2.75, 3.05) is 0 Å². The van der Waals surface area contributed by atoms with Crippen molar-refractivity contribution in [2.45, 2.75) is 12.5 Å². The lowest BCUT2D eigenvalue weighted by Crippen LogP contribution is -2.31. The van der Waals surface area contributed by atoms with Gasteiger partial charge in [-0.25, -0.2) is 13.2 Å². The molecule has 1 atom stereocenters. The summed E-state index contributed by atoms with van der Waals surface area (Å²) < 4.78 is 40.4. The molecule has 2 aromatic rings. The van der Waals surface area contributed by atoms with Crippen molar-refractivity contribution < 1.29 is 13.2 Å². The van der Waals surface area contributed by atoms with Crippen LogP contribution in [-0.4, -0.2) is 0 Å². The van der Waals surface area contributed by atoms with E-state index in [1.807, 2.05) is 0 Å². The molecular weight excluding hydrogens is 289 g/mol. The molecule has 2 aromatic carbocycles. The molecule has 0 amide bonds. The van der Waals surface area contributed by atoms with Gasteiger partial charge in [0.15, 0.2) is 0 Å². The van der Waals surface area contributed by atoms with Crippen LogP contribution in [0.25, 0.3) is 0 Å². The van der Waals surface area contributed by atoms with Gasteiger partial charge in [-0.2, -0.15) is 0 Å². The fraction of sp³-hybridized carbons (Fsp3) is 0.143. The highest BCUT2D eigenvalue weighted by atomic mass is 35.5. The SMILES string of the molecule is NNC(Cc1cccc(Cl)c1)c1c(F)cc(F)cc1F. The average molecular weight is 301 g/mol. The Bertz CT molecular complexity index is 596. The second-order valence-electron chi connectivity index (χ2n) is 4.34. The molecule has 2 rings (SSSR count). The molecule has 0 spiro atoms. The molecule has 1 unspecified atom stereocenters. The Hall–Kier alpha value is -1.56. The minimum absolute atomic E-state index is 0.219. The van der Waals surface area contributed by atoms with Crippen LogP contribution in [0, 0.1) is 17.5 Å². The Morgan fingerprint density at radius 1 is 1.10 bits per heavy atom. The van der Waals surface area contributed by atoms with Gasteiger partial charge in [0.25, 0.3) is 0 Å². The van der Waals surface area contributed by atoms with E-state index in [1.54, 1.807) is 24.3 Å². The monoisotopic (exact) mass is 300 g/mol. The summed E-state index contributed by atoms with van der Waals surface area (Å²) >= 11 is 5.85. The Labute approximate surface area is 119 Å². The summed E-state index contributed by atoms with van der Waals surface area (Å²) in [7, 11) is 0. The smallest absolute Gasteiger partial charge is 0.133 e. The zero-order valence-corrected chi connectivity index (χ0v) is 11.1. The van der Waals surface area contributed by atoms with Crippen LogP contribution >= 0.6 is 11.6 Å². The van der Waals surface area contributed by atoms with Gasteiger partial charge in [0.2, 0.25) is 0 Å². The van der Waals surface area contributed by atoms with Gasteiger partial charge < -0.3 is 0 Å². The topological polar surface area (TPSA) is 38.0 Å². The van der Waals surface area contributed by atoms with Crippen LogP contribution in [0.15, 0.2) is 36.4 Å². The maximum Gasteiger partial charge on any atom is 0.133 e. The van der Waals surface area contributed by atoms with E-state index in [1.165, 1.54) is 0 Å². The number of rotatable bonds is 4. The highest BCUT2D eigenvalue weighted by molar-refractivity contribution is 6.30. The van der Waals surface area contributed by atoms with Crippen LogP contribution in [0.3, 0.4) is 0 Å². The van der Waals surface area contributed by atoms with Crippen molar-refractivity contribution in [3.05, 3.63) is 70.0 Å². The molecule has 0 aliphatic carbocycles. The number of hydrogen-bond donors (Lipinski definition) is 2. The minimum Gasteiger partial charge on any atom is -0.271 e. The van der Waals surface area contributed by atoms with Gasteiger partial charge in [0.05, 0.1) is 6.04 Å². The summed E-state index contributed by atoms with van der Waals surface area (Å²) in [6, 6.07) is 7.27. The molecule has 0 radical (unpaired) electrons. The van der Waals surface area contributed by atoms with Gasteiger partial charge in [-0.05, 0) is 24.1 Å². The van der Waals surface area contributed by atoms with E-state index in [0.29, 0.717) is 17.2 Å². The van der Waals surface area contributed by atoms with E-state index >= 15 is 0 Å². The third-order valence-electron chi connectivity index (χ3n) is 2.92. The summed E-state index contributed by atoms with van der Waals surface area (Å²) in [6.07, 6.45) is 0.219. The molecule has 0 fully saturated rings. The van der Waals surface area contributed by atoms with Gasteiger partial charge in [-0.15, -0.1) is 0 Å². The summed E-state index contributed by atoms with van der Waals surface area (Å²) in [4.78, 5) is 0. The normalized spacial score (nSPS) is 12.4. The highest BCUT2D eigenvalue weighted by Crippen LogP contribution is 2.25. The fourth-order valence-corrected chi connectivity index (χ4v) is 2.24. The van der Waals surface area contributed by atoms with Crippen LogP contribution in [0.1, 0.15) is 17.2 Å². The molecule has 106 valence electrons. The third kappa shape index (κ3) is 3.30. The molecule has 0 aromatic heterocycles. The third-order valence-corrected chi connectivity index (χ3v) is 3.16. The zero-order valence-electron chi connectivity index (χ0n) is 10.3. The van der Waals surface area contributed by atoms with Gasteiger partial charge in [0.1, 0.15) is 17.5 Å². The maximum atomic E-state index is 13.7. The van der Waals surface area contributed by atoms with E-state index in [-0.39, 0.29) is 12.0 Å². The molecule has 3 N–H and O–H groups in total. The molecule has 6 heteroatoms. The molecule has 0 saturated carbocycles. The van der Waals surface area contributed by atoms with Crippen molar-refractivity contribution in [3.63, 3.8) is 0 Å². The molecule has 2 nitrogen and oxygen atoms in total.